The fourth-order valence-electron chi connectivity index (χ4n) is 2.56. The minimum atomic E-state index is -0.551. The number of nitrogens with zero attached hydrogens (tertiary/aromatic N) is 1. The number of carbonyl (C=O) groups excluding carboxylic acids is 1. The maximum Gasteiger partial charge on any atom is 0.296 e. The molecular weight excluding hydrogens is 338 g/mol. The van der Waals surface area contributed by atoms with Crippen LogP contribution in [-0.4, -0.2) is 38.6 Å². The Balaban J connectivity index is 2.00. The summed E-state index contributed by atoms with van der Waals surface area (Å²) >= 11 is 0. The summed E-state index contributed by atoms with van der Waals surface area (Å²) in [4.78, 5) is 23.8. The molecule has 2 N–H and O–H groups in total. The Kier molecular flexibility index (Phi) is 6.51. The van der Waals surface area contributed by atoms with E-state index >= 15 is 0 Å². The molecule has 26 heavy (non-hydrogen) atoms. The van der Waals surface area contributed by atoms with Crippen LogP contribution in [0.5, 0.6) is 11.5 Å². The van der Waals surface area contributed by atoms with E-state index in [0.717, 1.165) is 16.2 Å². The molecule has 1 amide bonds. The quantitative estimate of drug-likeness (QED) is 0.546. The summed E-state index contributed by atoms with van der Waals surface area (Å²) in [5, 5.41) is 13.8. The molecule has 0 fully saturated rings. The fourth-order valence-corrected chi connectivity index (χ4v) is 2.56. The van der Waals surface area contributed by atoms with Crippen LogP contribution in [-0.2, 0) is 11.3 Å². The normalized spacial score (nSPS) is 11.5. The van der Waals surface area contributed by atoms with Gasteiger partial charge in [-0.05, 0) is 24.3 Å². The summed E-state index contributed by atoms with van der Waals surface area (Å²) < 4.78 is 10.2. The standard InChI is InChI=1S/C18H21N3O5/c1-20(11-13-5-4-6-14(9-13)25-2)12-18(22)19-16-8-7-15(26-3)10-17(16)21(23)24/h4-10H,11-12H2,1-3H3,(H,19,22)/p+1. The monoisotopic (exact) mass is 360 g/mol. The van der Waals surface area contributed by atoms with Gasteiger partial charge in [0.05, 0.1) is 32.3 Å². The van der Waals surface area contributed by atoms with E-state index < -0.39 is 4.92 Å². The van der Waals surface area contributed by atoms with Crippen molar-refractivity contribution in [1.82, 2.24) is 0 Å². The molecule has 1 atom stereocenters. The molecule has 138 valence electrons. The molecule has 0 radical (unpaired) electrons. The molecular formula is C18H22N3O5+. The summed E-state index contributed by atoms with van der Waals surface area (Å²) in [6.07, 6.45) is 0. The number of nitro benzene ring substituents is 1. The van der Waals surface area contributed by atoms with Gasteiger partial charge in [-0.3, -0.25) is 14.9 Å². The number of methoxy groups -OCH3 is 2. The highest BCUT2D eigenvalue weighted by molar-refractivity contribution is 5.93. The van der Waals surface area contributed by atoms with Crippen molar-refractivity contribution in [2.75, 3.05) is 33.1 Å². The van der Waals surface area contributed by atoms with Crippen LogP contribution in [0.3, 0.4) is 0 Å². The number of hydrogen-bond donors (Lipinski definition) is 2. The van der Waals surface area contributed by atoms with Gasteiger partial charge in [0.25, 0.3) is 11.6 Å². The molecule has 0 aromatic heterocycles. The minimum Gasteiger partial charge on any atom is -0.497 e. The zero-order valence-electron chi connectivity index (χ0n) is 14.9. The first-order valence-corrected chi connectivity index (χ1v) is 7.99. The Hall–Kier alpha value is -3.13. The van der Waals surface area contributed by atoms with Crippen molar-refractivity contribution in [3.8, 4) is 11.5 Å². The van der Waals surface area contributed by atoms with E-state index in [-0.39, 0.29) is 23.8 Å². The summed E-state index contributed by atoms with van der Waals surface area (Å²) in [7, 11) is 4.90. The molecule has 0 heterocycles. The number of quaternary nitrogens is 1. The topological polar surface area (TPSA) is 95.1 Å². The molecule has 2 rings (SSSR count). The first-order chi connectivity index (χ1) is 12.4. The van der Waals surface area contributed by atoms with Crippen LogP contribution in [0.4, 0.5) is 11.4 Å². The van der Waals surface area contributed by atoms with Crippen molar-refractivity contribution >= 4 is 17.3 Å². The van der Waals surface area contributed by atoms with E-state index in [1.54, 1.807) is 13.2 Å². The maximum atomic E-state index is 12.3. The molecule has 0 saturated heterocycles. The zero-order chi connectivity index (χ0) is 19.1. The number of anilines is 1. The zero-order valence-corrected chi connectivity index (χ0v) is 14.9. The Morgan fingerprint density at radius 3 is 2.50 bits per heavy atom. The third kappa shape index (κ3) is 5.18. The van der Waals surface area contributed by atoms with Crippen LogP contribution in [0.15, 0.2) is 42.5 Å². The maximum absolute atomic E-state index is 12.3. The van der Waals surface area contributed by atoms with E-state index in [2.05, 4.69) is 5.32 Å². The summed E-state index contributed by atoms with van der Waals surface area (Å²) in [6.45, 7) is 0.787. The van der Waals surface area contributed by atoms with Crippen molar-refractivity contribution in [3.05, 3.63) is 58.1 Å². The Labute approximate surface area is 151 Å². The van der Waals surface area contributed by atoms with Crippen molar-refractivity contribution in [1.29, 1.82) is 0 Å². The lowest BCUT2D eigenvalue weighted by molar-refractivity contribution is -0.885. The van der Waals surface area contributed by atoms with Crippen LogP contribution in [0.25, 0.3) is 0 Å². The van der Waals surface area contributed by atoms with Crippen LogP contribution in [0.1, 0.15) is 5.56 Å². The number of likely N-dealkylation sites (N-methyl/N-ethyl adjacent to an activating group) is 1. The van der Waals surface area contributed by atoms with E-state index in [1.165, 1.54) is 19.2 Å². The molecule has 0 spiro atoms. The van der Waals surface area contributed by atoms with Gasteiger partial charge in [-0.2, -0.15) is 0 Å². The average molecular weight is 360 g/mol. The van der Waals surface area contributed by atoms with Crippen molar-refractivity contribution in [2.24, 2.45) is 0 Å². The highest BCUT2D eigenvalue weighted by Gasteiger charge is 2.19. The molecule has 2 aromatic rings. The summed E-state index contributed by atoms with van der Waals surface area (Å²) in [5.74, 6) is 0.808. The van der Waals surface area contributed by atoms with Gasteiger partial charge in [-0.1, -0.05) is 12.1 Å². The van der Waals surface area contributed by atoms with Gasteiger partial charge in [-0.15, -0.1) is 0 Å². The van der Waals surface area contributed by atoms with E-state index in [9.17, 15) is 14.9 Å². The molecule has 1 unspecified atom stereocenters. The van der Waals surface area contributed by atoms with Gasteiger partial charge < -0.3 is 19.7 Å². The lowest BCUT2D eigenvalue weighted by Gasteiger charge is -2.14. The summed E-state index contributed by atoms with van der Waals surface area (Å²) in [5.41, 5.74) is 0.975. The van der Waals surface area contributed by atoms with Gasteiger partial charge in [0, 0.05) is 5.56 Å². The third-order valence-corrected chi connectivity index (χ3v) is 3.78. The number of benzene rings is 2. The predicted octanol–water partition coefficient (Wildman–Crippen LogP) is 1.27. The van der Waals surface area contributed by atoms with E-state index in [1.807, 2.05) is 31.3 Å². The molecule has 0 aliphatic rings. The second-order valence-corrected chi connectivity index (χ2v) is 5.85. The average Bonchev–Trinajstić information content (AvgIpc) is 2.61. The van der Waals surface area contributed by atoms with Gasteiger partial charge >= 0.3 is 0 Å². The Morgan fingerprint density at radius 1 is 1.15 bits per heavy atom. The largest absolute Gasteiger partial charge is 0.497 e. The first-order valence-electron chi connectivity index (χ1n) is 7.99. The Morgan fingerprint density at radius 2 is 1.85 bits per heavy atom. The number of carbonyl (C=O) groups is 1. The third-order valence-electron chi connectivity index (χ3n) is 3.78. The number of hydrogen-bond acceptors (Lipinski definition) is 5. The van der Waals surface area contributed by atoms with Gasteiger partial charge in [0.2, 0.25) is 0 Å². The number of nitro groups is 1. The van der Waals surface area contributed by atoms with Crippen LogP contribution in [0, 0.1) is 10.1 Å². The fraction of sp³-hybridized carbons (Fsp3) is 0.278. The number of ether oxygens (including phenoxy) is 2. The number of amides is 1. The molecule has 0 saturated carbocycles. The van der Waals surface area contributed by atoms with Crippen LogP contribution in [0.2, 0.25) is 0 Å². The van der Waals surface area contributed by atoms with Gasteiger partial charge in [-0.25, -0.2) is 0 Å². The van der Waals surface area contributed by atoms with Gasteiger partial charge in [0.1, 0.15) is 23.7 Å². The number of nitrogens with one attached hydrogen (secondary N) is 2. The minimum absolute atomic E-state index is 0.148. The van der Waals surface area contributed by atoms with E-state index in [0.29, 0.717) is 12.3 Å². The van der Waals surface area contributed by atoms with E-state index in [4.69, 9.17) is 9.47 Å². The SMILES string of the molecule is COc1cccc(C[NH+](C)CC(=O)Nc2ccc(OC)cc2[N+](=O)[O-])c1. The lowest BCUT2D eigenvalue weighted by Crippen LogP contribution is -3.08. The molecule has 0 aliphatic heterocycles. The van der Waals surface area contributed by atoms with Crippen LogP contribution < -0.4 is 19.7 Å². The summed E-state index contributed by atoms with van der Waals surface area (Å²) in [6, 6.07) is 11.9. The van der Waals surface area contributed by atoms with Gasteiger partial charge in [0.15, 0.2) is 6.54 Å². The smallest absolute Gasteiger partial charge is 0.296 e. The van der Waals surface area contributed by atoms with Crippen molar-refractivity contribution in [3.63, 3.8) is 0 Å². The lowest BCUT2D eigenvalue weighted by atomic mass is 10.2. The predicted molar refractivity (Wildman–Crippen MR) is 96.7 cm³/mol. The second kappa shape index (κ2) is 8.82. The molecule has 8 nitrogen and oxygen atoms in total. The molecule has 8 heteroatoms. The molecule has 0 aliphatic carbocycles. The molecule has 2 aromatic carbocycles. The van der Waals surface area contributed by atoms with Crippen molar-refractivity contribution in [2.45, 2.75) is 6.54 Å². The highest BCUT2D eigenvalue weighted by Crippen LogP contribution is 2.28. The number of rotatable bonds is 8. The Bertz CT molecular complexity index is 794. The first kappa shape index (κ1) is 19.2. The highest BCUT2D eigenvalue weighted by atomic mass is 16.6. The van der Waals surface area contributed by atoms with Crippen molar-refractivity contribution < 1.29 is 24.1 Å². The molecule has 0 bridgehead atoms. The second-order valence-electron chi connectivity index (χ2n) is 5.85. The van der Waals surface area contributed by atoms with Crippen LogP contribution >= 0.6 is 0 Å².